The molecule has 1 saturated carbocycles. The van der Waals surface area contributed by atoms with Crippen LogP contribution in [0.25, 0.3) is 11.3 Å². The van der Waals surface area contributed by atoms with E-state index in [9.17, 15) is 37.4 Å². The van der Waals surface area contributed by atoms with Crippen molar-refractivity contribution in [3.8, 4) is 17.1 Å². The van der Waals surface area contributed by atoms with Crippen molar-refractivity contribution in [2.75, 3.05) is 32.8 Å². The first-order valence-corrected chi connectivity index (χ1v) is 13.7. The molecule has 1 amide bonds. The molecule has 2 aliphatic heterocycles. The molecular weight excluding hydrogens is 548 g/mol. The maximum Gasteiger partial charge on any atom is 0.395 e. The number of hydrogen-bond donors (Lipinski definition) is 2. The molecule has 2 aromatic rings. The van der Waals surface area contributed by atoms with E-state index < -0.39 is 41.4 Å². The summed E-state index contributed by atoms with van der Waals surface area (Å²) in [5.41, 5.74) is -1.18. The van der Waals surface area contributed by atoms with Gasteiger partial charge in [0.15, 0.2) is 0 Å². The number of ether oxygens (including phenoxy) is 1. The second kappa shape index (κ2) is 11.5. The fraction of sp³-hybridized carbons (Fsp3) is 0.571. The molecule has 5 rings (SSSR count). The van der Waals surface area contributed by atoms with Crippen LogP contribution in [0.5, 0.6) is 5.88 Å². The number of halogens is 4. The summed E-state index contributed by atoms with van der Waals surface area (Å²) >= 11 is 0. The molecule has 3 aliphatic rings. The number of carboxylic acids is 1. The van der Waals surface area contributed by atoms with Crippen molar-refractivity contribution >= 4 is 11.9 Å². The van der Waals surface area contributed by atoms with Gasteiger partial charge in [0.25, 0.3) is 5.91 Å². The molecule has 13 heteroatoms. The zero-order valence-electron chi connectivity index (χ0n) is 22.3. The Morgan fingerprint density at radius 2 is 1.85 bits per heavy atom. The van der Waals surface area contributed by atoms with E-state index in [1.54, 1.807) is 0 Å². The first-order valence-electron chi connectivity index (χ1n) is 13.7. The molecule has 2 unspecified atom stereocenters. The Morgan fingerprint density at radius 3 is 2.41 bits per heavy atom. The minimum Gasteiger partial charge on any atom is -0.480 e. The van der Waals surface area contributed by atoms with Crippen LogP contribution in [0.4, 0.5) is 17.6 Å². The van der Waals surface area contributed by atoms with Crippen molar-refractivity contribution in [2.24, 2.45) is 11.3 Å². The van der Waals surface area contributed by atoms with Gasteiger partial charge >= 0.3 is 12.1 Å². The van der Waals surface area contributed by atoms with Gasteiger partial charge in [-0.1, -0.05) is 12.5 Å². The fourth-order valence-corrected chi connectivity index (χ4v) is 5.89. The highest BCUT2D eigenvalue weighted by Gasteiger charge is 2.58. The summed E-state index contributed by atoms with van der Waals surface area (Å²) in [5.74, 6) is -2.49. The van der Waals surface area contributed by atoms with Gasteiger partial charge in [-0.3, -0.25) is 4.79 Å². The number of hydrogen-bond acceptors (Lipinski definition) is 7. The summed E-state index contributed by atoms with van der Waals surface area (Å²) in [6.45, 7) is 1.42. The second-order valence-corrected chi connectivity index (χ2v) is 11.3. The van der Waals surface area contributed by atoms with E-state index in [0.29, 0.717) is 37.4 Å². The number of rotatable bonds is 8. The molecule has 0 spiro atoms. The second-order valence-electron chi connectivity index (χ2n) is 11.3. The Labute approximate surface area is 234 Å². The van der Waals surface area contributed by atoms with Gasteiger partial charge in [0.2, 0.25) is 5.88 Å². The number of aliphatic hydroxyl groups excluding tert-OH is 1. The van der Waals surface area contributed by atoms with Gasteiger partial charge in [0, 0.05) is 25.1 Å². The molecule has 9 nitrogen and oxygen atoms in total. The number of aromatic nitrogens is 2. The highest BCUT2D eigenvalue weighted by Crippen LogP contribution is 2.53. The Kier molecular flexibility index (Phi) is 8.20. The molecule has 3 heterocycles. The fourth-order valence-electron chi connectivity index (χ4n) is 5.89. The van der Waals surface area contributed by atoms with E-state index in [1.165, 1.54) is 24.5 Å². The molecule has 1 aromatic carbocycles. The van der Waals surface area contributed by atoms with Crippen molar-refractivity contribution in [1.29, 1.82) is 0 Å². The van der Waals surface area contributed by atoms with Gasteiger partial charge in [-0.2, -0.15) is 13.2 Å². The summed E-state index contributed by atoms with van der Waals surface area (Å²) in [6, 6.07) is 2.61. The van der Waals surface area contributed by atoms with E-state index in [4.69, 9.17) is 4.74 Å². The van der Waals surface area contributed by atoms with Crippen LogP contribution >= 0.6 is 0 Å². The van der Waals surface area contributed by atoms with Crippen LogP contribution in [0.15, 0.2) is 30.6 Å². The number of β-amino-alcohol motifs (C(OH)–C–C–N with tert-alkyl or cyclic N) is 1. The molecule has 2 saturated heterocycles. The van der Waals surface area contributed by atoms with Crippen LogP contribution < -0.4 is 4.74 Å². The average molecular weight is 581 g/mol. The number of carbonyl (C=O) groups excluding carboxylic acids is 1. The quantitative estimate of drug-likeness (QED) is 0.454. The summed E-state index contributed by atoms with van der Waals surface area (Å²) in [4.78, 5) is 35.6. The van der Waals surface area contributed by atoms with Gasteiger partial charge < -0.3 is 24.7 Å². The Balaban J connectivity index is 1.13. The Morgan fingerprint density at radius 1 is 1.12 bits per heavy atom. The zero-order valence-corrected chi connectivity index (χ0v) is 22.3. The summed E-state index contributed by atoms with van der Waals surface area (Å²) in [7, 11) is 0. The van der Waals surface area contributed by atoms with Gasteiger partial charge in [0.1, 0.15) is 11.9 Å². The number of piperidine rings is 1. The number of amides is 1. The molecule has 0 radical (unpaired) electrons. The van der Waals surface area contributed by atoms with E-state index in [0.717, 1.165) is 23.8 Å². The summed E-state index contributed by atoms with van der Waals surface area (Å²) < 4.78 is 61.1. The Hall–Kier alpha value is -3.32. The lowest BCUT2D eigenvalue weighted by Crippen LogP contribution is -2.53. The van der Waals surface area contributed by atoms with Crippen LogP contribution in [0, 0.1) is 17.2 Å². The predicted octanol–water partition coefficient (Wildman–Crippen LogP) is 3.77. The topological polar surface area (TPSA) is 116 Å². The van der Waals surface area contributed by atoms with Crippen LogP contribution in [0.3, 0.4) is 0 Å². The van der Waals surface area contributed by atoms with Crippen molar-refractivity contribution in [1.82, 2.24) is 19.8 Å². The van der Waals surface area contributed by atoms with Crippen molar-refractivity contribution < 1.29 is 42.1 Å². The Bertz CT molecular complexity index is 1260. The van der Waals surface area contributed by atoms with E-state index in [-0.39, 0.29) is 49.7 Å². The molecule has 2 N–H and O–H groups in total. The molecule has 2 atom stereocenters. The molecule has 3 fully saturated rings. The highest BCUT2D eigenvalue weighted by molar-refractivity contribution is 5.97. The number of aliphatic carboxylic acids is 1. The number of likely N-dealkylation sites (tertiary alicyclic amines) is 2. The van der Waals surface area contributed by atoms with E-state index in [1.807, 2.05) is 4.90 Å². The number of carboxylic acid groups (broad SMARTS) is 1. The highest BCUT2D eigenvalue weighted by atomic mass is 19.4. The maximum absolute atomic E-state index is 14.9. The number of alkyl halides is 3. The van der Waals surface area contributed by atoms with Crippen molar-refractivity contribution in [3.63, 3.8) is 0 Å². The maximum atomic E-state index is 14.9. The molecule has 0 bridgehead atoms. The first-order chi connectivity index (χ1) is 19.5. The minimum absolute atomic E-state index is 0.0665. The van der Waals surface area contributed by atoms with Gasteiger partial charge in [-0.25, -0.2) is 19.2 Å². The molecule has 222 valence electrons. The van der Waals surface area contributed by atoms with Crippen LogP contribution in [-0.4, -0.2) is 93.0 Å². The summed E-state index contributed by atoms with van der Waals surface area (Å²) in [5, 5.41) is 19.1. The van der Waals surface area contributed by atoms with E-state index >= 15 is 0 Å². The molecule has 1 aliphatic carbocycles. The normalized spacial score (nSPS) is 23.3. The smallest absolute Gasteiger partial charge is 0.395 e. The third-order valence-corrected chi connectivity index (χ3v) is 8.56. The predicted molar refractivity (Wildman–Crippen MR) is 138 cm³/mol. The van der Waals surface area contributed by atoms with Gasteiger partial charge in [0.05, 0.1) is 41.8 Å². The van der Waals surface area contributed by atoms with Crippen molar-refractivity contribution in [3.05, 3.63) is 42.0 Å². The molecule has 1 aromatic heterocycles. The number of aliphatic hydroxyl groups is 1. The number of carbonyl (C=O) groups is 2. The monoisotopic (exact) mass is 580 g/mol. The SMILES string of the molecule is O=C(O)C1CC(O)CN1C(=O)c1ccc(-c2cnc(OCC3CCN(CC4(C(F)(F)F)CCC4)CC3)cn2)cc1F. The van der Waals surface area contributed by atoms with E-state index in [2.05, 4.69) is 9.97 Å². The minimum atomic E-state index is -4.16. The lowest BCUT2D eigenvalue weighted by molar-refractivity contribution is -0.256. The van der Waals surface area contributed by atoms with Gasteiger partial charge in [-0.05, 0) is 56.8 Å². The zero-order chi connectivity index (χ0) is 29.4. The van der Waals surface area contributed by atoms with Gasteiger partial charge in [-0.15, -0.1) is 0 Å². The van der Waals surface area contributed by atoms with Crippen LogP contribution in [-0.2, 0) is 4.79 Å². The number of benzene rings is 1. The average Bonchev–Trinajstić information content (AvgIpc) is 3.31. The van der Waals surface area contributed by atoms with Crippen molar-refractivity contribution in [2.45, 2.75) is 56.8 Å². The van der Waals surface area contributed by atoms with Crippen LogP contribution in [0.2, 0.25) is 0 Å². The lowest BCUT2D eigenvalue weighted by Gasteiger charge is -2.47. The summed E-state index contributed by atoms with van der Waals surface area (Å²) in [6.07, 6.45) is 0.0322. The number of nitrogens with zero attached hydrogens (tertiary/aromatic N) is 4. The van der Waals surface area contributed by atoms with Crippen LogP contribution in [0.1, 0.15) is 48.9 Å². The lowest BCUT2D eigenvalue weighted by atomic mass is 9.67. The third kappa shape index (κ3) is 6.15. The molecule has 41 heavy (non-hydrogen) atoms. The standard InChI is InChI=1S/C28H32F4N4O5/c29-21-10-18(2-3-20(21)25(38)36-14-19(37)11-23(36)26(39)40)22-12-34-24(13-33-22)41-15-17-4-8-35(9-5-17)16-27(6-1-7-27)28(30,31)32/h2-3,10,12-13,17,19,23,37H,1,4-9,11,14-16H2,(H,39,40). The molecular formula is C28H32F4N4O5. The first kappa shape index (κ1) is 29.2. The third-order valence-electron chi connectivity index (χ3n) is 8.56. The largest absolute Gasteiger partial charge is 0.480 e.